The maximum absolute atomic E-state index is 12.9. The molecule has 8 fully saturated rings. The van der Waals surface area contributed by atoms with Crippen LogP contribution in [0.15, 0.2) is 24.3 Å². The Bertz CT molecular complexity index is 926. The minimum atomic E-state index is -0.129. The van der Waals surface area contributed by atoms with Crippen LogP contribution in [0.3, 0.4) is 0 Å². The third kappa shape index (κ3) is 4.50. The van der Waals surface area contributed by atoms with Crippen LogP contribution in [-0.4, -0.2) is 24.1 Å². The molecule has 206 valence electrons. The highest BCUT2D eigenvalue weighted by Crippen LogP contribution is 2.62. The molecular weight excluding hydrogens is 472 g/mol. The molecule has 8 saturated carbocycles. The predicted octanol–water partition coefficient (Wildman–Crippen LogP) is 7.14. The smallest absolute Gasteiger partial charge is 0.319 e. The Balaban J connectivity index is 0.904. The highest BCUT2D eigenvalue weighted by atomic mass is 16.2. The molecule has 8 aliphatic rings. The highest BCUT2D eigenvalue weighted by molar-refractivity contribution is 5.91. The van der Waals surface area contributed by atoms with Crippen molar-refractivity contribution in [1.29, 1.82) is 0 Å². The molecule has 0 aromatic heterocycles. The monoisotopic (exact) mass is 518 g/mol. The van der Waals surface area contributed by atoms with E-state index in [1.807, 2.05) is 24.3 Å². The summed E-state index contributed by atoms with van der Waals surface area (Å²) >= 11 is 0. The molecular formula is C32H46N4O2. The predicted molar refractivity (Wildman–Crippen MR) is 151 cm³/mol. The number of hydrogen-bond donors (Lipinski definition) is 4. The number of anilines is 2. The van der Waals surface area contributed by atoms with E-state index in [0.717, 1.165) is 46.9 Å². The topological polar surface area (TPSA) is 82.3 Å². The van der Waals surface area contributed by atoms with E-state index in [-0.39, 0.29) is 24.1 Å². The van der Waals surface area contributed by atoms with Crippen LogP contribution in [0.1, 0.15) is 90.9 Å². The molecule has 6 heteroatoms. The molecule has 6 nitrogen and oxygen atoms in total. The van der Waals surface area contributed by atoms with Gasteiger partial charge in [-0.05, 0) is 162 Å². The van der Waals surface area contributed by atoms with Crippen LogP contribution in [-0.2, 0) is 0 Å². The van der Waals surface area contributed by atoms with Crippen LogP contribution in [0, 0.1) is 46.3 Å². The zero-order valence-corrected chi connectivity index (χ0v) is 23.2. The number of carbonyl (C=O) groups excluding carboxylic acids is 2. The van der Waals surface area contributed by atoms with Gasteiger partial charge >= 0.3 is 12.1 Å². The number of carbonyl (C=O) groups is 2. The Morgan fingerprint density at radius 3 is 1.11 bits per heavy atom. The Morgan fingerprint density at radius 2 is 0.842 bits per heavy atom. The van der Waals surface area contributed by atoms with Gasteiger partial charge in [-0.25, -0.2) is 9.59 Å². The van der Waals surface area contributed by atoms with Crippen molar-refractivity contribution in [1.82, 2.24) is 10.6 Å². The summed E-state index contributed by atoms with van der Waals surface area (Å²) in [7, 11) is 0. The van der Waals surface area contributed by atoms with E-state index in [4.69, 9.17) is 0 Å². The van der Waals surface area contributed by atoms with E-state index in [9.17, 15) is 9.59 Å². The van der Waals surface area contributed by atoms with Gasteiger partial charge in [-0.15, -0.1) is 0 Å². The van der Waals surface area contributed by atoms with Crippen molar-refractivity contribution in [3.05, 3.63) is 24.3 Å². The SMILES string of the molecule is CC(NC(=O)Nc1ccc(NC(=O)NC(C)C23CC4CC(CC(C4)C2)C3)cc1)C12CC3CC(CC(C3)C1)C2. The lowest BCUT2D eigenvalue weighted by atomic mass is 9.48. The van der Waals surface area contributed by atoms with E-state index >= 15 is 0 Å². The zero-order valence-electron chi connectivity index (χ0n) is 23.2. The summed E-state index contributed by atoms with van der Waals surface area (Å²) in [6.45, 7) is 4.42. The Kier molecular flexibility index (Phi) is 5.97. The average Bonchev–Trinajstić information content (AvgIpc) is 2.83. The number of urea groups is 2. The van der Waals surface area contributed by atoms with Gasteiger partial charge in [0.05, 0.1) is 0 Å². The lowest BCUT2D eigenvalue weighted by Gasteiger charge is -2.59. The number of hydrogen-bond acceptors (Lipinski definition) is 2. The van der Waals surface area contributed by atoms with Crippen molar-refractivity contribution in [3.8, 4) is 0 Å². The van der Waals surface area contributed by atoms with Gasteiger partial charge in [-0.1, -0.05) is 0 Å². The van der Waals surface area contributed by atoms with Gasteiger partial charge in [-0.2, -0.15) is 0 Å². The maximum atomic E-state index is 12.9. The fraction of sp³-hybridized carbons (Fsp3) is 0.750. The van der Waals surface area contributed by atoms with Crippen LogP contribution in [0.5, 0.6) is 0 Å². The average molecular weight is 519 g/mol. The summed E-state index contributed by atoms with van der Waals surface area (Å²) in [4.78, 5) is 25.7. The molecule has 0 saturated heterocycles. The third-order valence-electron chi connectivity index (χ3n) is 12.1. The first-order valence-electron chi connectivity index (χ1n) is 15.5. The van der Waals surface area contributed by atoms with Gasteiger partial charge in [0, 0.05) is 23.5 Å². The number of rotatable bonds is 6. The molecule has 1 aromatic carbocycles. The minimum Gasteiger partial charge on any atom is -0.335 e. The third-order valence-corrected chi connectivity index (χ3v) is 12.1. The Labute approximate surface area is 227 Å². The molecule has 4 N–H and O–H groups in total. The first kappa shape index (κ1) is 24.8. The number of amides is 4. The van der Waals surface area contributed by atoms with Crippen LogP contribution in [0.4, 0.5) is 21.0 Å². The molecule has 0 radical (unpaired) electrons. The molecule has 0 aliphatic heterocycles. The fourth-order valence-corrected chi connectivity index (χ4v) is 11.1. The quantitative estimate of drug-likeness (QED) is 0.323. The standard InChI is InChI=1S/C32H46N4O2/c1-19(31-13-21-7-22(14-31)9-23(8-21)15-31)33-29(37)35-27-3-5-28(6-4-27)36-30(38)34-20(2)32-16-24-10-25(17-32)12-26(11-24)18-32/h3-6,19-26H,7-18H2,1-2H3,(H2,33,35,37)(H2,34,36,38). The zero-order chi connectivity index (χ0) is 26.1. The van der Waals surface area contributed by atoms with Gasteiger partial charge in [0.25, 0.3) is 0 Å². The van der Waals surface area contributed by atoms with Crippen molar-refractivity contribution in [2.24, 2.45) is 46.3 Å². The molecule has 9 rings (SSSR count). The fourth-order valence-electron chi connectivity index (χ4n) is 11.1. The summed E-state index contributed by atoms with van der Waals surface area (Å²) < 4.78 is 0. The molecule has 38 heavy (non-hydrogen) atoms. The molecule has 0 spiro atoms. The first-order chi connectivity index (χ1) is 18.3. The van der Waals surface area contributed by atoms with Crippen molar-refractivity contribution in [3.63, 3.8) is 0 Å². The lowest BCUT2D eigenvalue weighted by Crippen LogP contribution is -2.56. The van der Waals surface area contributed by atoms with E-state index in [1.165, 1.54) is 77.0 Å². The van der Waals surface area contributed by atoms with Crippen LogP contribution in [0.2, 0.25) is 0 Å². The Hall–Kier alpha value is -2.24. The highest BCUT2D eigenvalue weighted by Gasteiger charge is 2.54. The van der Waals surface area contributed by atoms with Gasteiger partial charge in [0.1, 0.15) is 0 Å². The van der Waals surface area contributed by atoms with Gasteiger partial charge in [0.2, 0.25) is 0 Å². The number of nitrogens with one attached hydrogen (secondary N) is 4. The first-order valence-corrected chi connectivity index (χ1v) is 15.5. The van der Waals surface area contributed by atoms with Crippen LogP contribution >= 0.6 is 0 Å². The molecule has 0 heterocycles. The van der Waals surface area contributed by atoms with Gasteiger partial charge in [-0.3, -0.25) is 0 Å². The summed E-state index contributed by atoms with van der Waals surface area (Å²) in [5, 5.41) is 12.6. The Morgan fingerprint density at radius 1 is 0.579 bits per heavy atom. The molecule has 1 aromatic rings. The largest absolute Gasteiger partial charge is 0.335 e. The number of benzene rings is 1. The summed E-state index contributed by atoms with van der Waals surface area (Å²) in [6.07, 6.45) is 16.2. The molecule has 4 amide bonds. The second kappa shape index (κ2) is 9.16. The van der Waals surface area contributed by atoms with Crippen LogP contribution in [0.25, 0.3) is 0 Å². The van der Waals surface area contributed by atoms with Gasteiger partial charge < -0.3 is 21.3 Å². The van der Waals surface area contributed by atoms with Crippen LogP contribution < -0.4 is 21.3 Å². The minimum absolute atomic E-state index is 0.129. The second-order valence-electron chi connectivity index (χ2n) is 14.8. The van der Waals surface area contributed by atoms with E-state index in [0.29, 0.717) is 10.8 Å². The molecule has 2 unspecified atom stereocenters. The van der Waals surface area contributed by atoms with Crippen molar-refractivity contribution < 1.29 is 9.59 Å². The van der Waals surface area contributed by atoms with E-state index in [2.05, 4.69) is 35.1 Å². The molecule has 2 atom stereocenters. The summed E-state index contributed by atoms with van der Waals surface area (Å²) in [5.41, 5.74) is 2.07. The lowest BCUT2D eigenvalue weighted by molar-refractivity contribution is -0.0680. The van der Waals surface area contributed by atoms with Crippen molar-refractivity contribution in [2.45, 2.75) is 103 Å². The maximum Gasteiger partial charge on any atom is 0.319 e. The summed E-state index contributed by atoms with van der Waals surface area (Å²) in [6, 6.07) is 7.60. The van der Waals surface area contributed by atoms with Crippen molar-refractivity contribution in [2.75, 3.05) is 10.6 Å². The summed E-state index contributed by atoms with van der Waals surface area (Å²) in [5.74, 6) is 5.26. The molecule has 8 aliphatic carbocycles. The van der Waals surface area contributed by atoms with E-state index < -0.39 is 0 Å². The molecule has 8 bridgehead atoms. The van der Waals surface area contributed by atoms with E-state index in [1.54, 1.807) is 0 Å². The van der Waals surface area contributed by atoms with Gasteiger partial charge in [0.15, 0.2) is 0 Å². The normalized spacial score (nSPS) is 41.4. The second-order valence-corrected chi connectivity index (χ2v) is 14.8. The van der Waals surface area contributed by atoms with Crippen molar-refractivity contribution >= 4 is 23.4 Å².